The minimum Gasteiger partial charge on any atom is -0.458 e. The molecule has 0 atom stereocenters. The van der Waals surface area contributed by atoms with Gasteiger partial charge in [-0.05, 0) is 64.6 Å². The van der Waals surface area contributed by atoms with Gasteiger partial charge in [-0.2, -0.15) is 0 Å². The zero-order valence-electron chi connectivity index (χ0n) is 19.5. The second kappa shape index (κ2) is 9.29. The molecule has 0 radical (unpaired) electrons. The van der Waals surface area contributed by atoms with Gasteiger partial charge in [0.25, 0.3) is 5.91 Å². The highest BCUT2D eigenvalue weighted by molar-refractivity contribution is 5.96. The Labute approximate surface area is 190 Å². The molecule has 0 spiro atoms. The first-order valence-corrected chi connectivity index (χ1v) is 11.0. The molecule has 3 rings (SSSR count). The summed E-state index contributed by atoms with van der Waals surface area (Å²) in [5, 5.41) is 9.90. The molecule has 0 heterocycles. The van der Waals surface area contributed by atoms with Crippen molar-refractivity contribution < 1.29 is 19.4 Å². The molecule has 2 aromatic carbocycles. The highest BCUT2D eigenvalue weighted by Gasteiger charge is 2.37. The predicted octanol–water partition coefficient (Wildman–Crippen LogP) is 4.97. The average molecular weight is 436 g/mol. The van der Waals surface area contributed by atoms with Gasteiger partial charge in [-0.15, -0.1) is 0 Å². The van der Waals surface area contributed by atoms with Gasteiger partial charge in [-0.25, -0.2) is 4.79 Å². The van der Waals surface area contributed by atoms with Gasteiger partial charge in [0.1, 0.15) is 13.3 Å². The first kappa shape index (κ1) is 23.7. The van der Waals surface area contributed by atoms with E-state index in [2.05, 4.69) is 52.5 Å². The quantitative estimate of drug-likeness (QED) is 0.379. The summed E-state index contributed by atoms with van der Waals surface area (Å²) in [4.78, 5) is 26.3. The first-order valence-electron chi connectivity index (χ1n) is 11.0. The molecule has 170 valence electrons. The molecule has 0 aromatic heterocycles. The summed E-state index contributed by atoms with van der Waals surface area (Å²) in [5.74, 6) is -0.765. The number of amides is 1. The Bertz CT molecular complexity index is 1000. The monoisotopic (exact) mass is 435 g/mol. The maximum absolute atomic E-state index is 13.0. The molecular formula is C27H33NO4. The van der Waals surface area contributed by atoms with E-state index in [-0.39, 0.29) is 23.3 Å². The van der Waals surface area contributed by atoms with Crippen molar-refractivity contribution in [3.8, 4) is 0 Å². The Balaban J connectivity index is 1.79. The lowest BCUT2D eigenvalue weighted by molar-refractivity contribution is 0.0523. The van der Waals surface area contributed by atoms with Crippen molar-refractivity contribution >= 4 is 11.9 Å². The Morgan fingerprint density at radius 1 is 1.00 bits per heavy atom. The number of rotatable bonds is 7. The van der Waals surface area contributed by atoms with E-state index in [9.17, 15) is 14.7 Å². The zero-order valence-corrected chi connectivity index (χ0v) is 19.5. The highest BCUT2D eigenvalue weighted by Crippen LogP contribution is 2.45. The van der Waals surface area contributed by atoms with Crippen LogP contribution < -0.4 is 0 Å². The van der Waals surface area contributed by atoms with Crippen molar-refractivity contribution in [3.63, 3.8) is 0 Å². The van der Waals surface area contributed by atoms with E-state index in [1.165, 1.54) is 22.1 Å². The Morgan fingerprint density at radius 2 is 1.59 bits per heavy atom. The van der Waals surface area contributed by atoms with Crippen LogP contribution in [0.5, 0.6) is 0 Å². The van der Waals surface area contributed by atoms with Crippen LogP contribution in [0, 0.1) is 0 Å². The van der Waals surface area contributed by atoms with E-state index in [4.69, 9.17) is 4.74 Å². The fourth-order valence-corrected chi connectivity index (χ4v) is 4.29. The molecule has 0 bridgehead atoms. The van der Waals surface area contributed by atoms with E-state index in [1.54, 1.807) is 24.3 Å². The summed E-state index contributed by atoms with van der Waals surface area (Å²) in [6.45, 7) is 12.6. The number of aliphatic hydroxyl groups excluding tert-OH is 1. The normalized spacial score (nSPS) is 16.0. The molecule has 0 saturated carbocycles. The second-order valence-electron chi connectivity index (χ2n) is 9.76. The summed E-state index contributed by atoms with van der Waals surface area (Å²) >= 11 is 0. The van der Waals surface area contributed by atoms with Gasteiger partial charge < -0.3 is 14.7 Å². The minimum absolute atomic E-state index is 0.0744. The van der Waals surface area contributed by atoms with Crippen LogP contribution in [-0.2, 0) is 22.1 Å². The number of nitrogens with zero attached hydrogens (tertiary/aromatic N) is 1. The molecule has 0 unspecified atom stereocenters. The fraction of sp³-hybridized carbons (Fsp3) is 0.407. The van der Waals surface area contributed by atoms with E-state index in [0.717, 1.165) is 18.4 Å². The molecule has 1 aliphatic rings. The molecule has 0 saturated heterocycles. The van der Waals surface area contributed by atoms with Crippen LogP contribution in [0.15, 0.2) is 55.1 Å². The molecule has 1 aliphatic carbocycles. The summed E-state index contributed by atoms with van der Waals surface area (Å²) in [6, 6.07) is 12.7. The molecule has 0 fully saturated rings. The number of aliphatic hydroxyl groups is 1. The zero-order chi connectivity index (χ0) is 23.5. The van der Waals surface area contributed by atoms with Crippen LogP contribution in [0.4, 0.5) is 0 Å². The van der Waals surface area contributed by atoms with E-state index in [0.29, 0.717) is 17.7 Å². The Morgan fingerprint density at radius 3 is 2.19 bits per heavy atom. The molecule has 0 aliphatic heterocycles. The average Bonchev–Trinajstić information content (AvgIpc) is 2.78. The number of carbonyl (C=O) groups is 2. The van der Waals surface area contributed by atoms with E-state index >= 15 is 0 Å². The number of fused-ring (bicyclic) bond motifs is 1. The number of hydrogen-bond acceptors (Lipinski definition) is 4. The first-order chi connectivity index (χ1) is 15.1. The van der Waals surface area contributed by atoms with Crippen LogP contribution >= 0.6 is 0 Å². The predicted molar refractivity (Wildman–Crippen MR) is 126 cm³/mol. The van der Waals surface area contributed by atoms with Gasteiger partial charge in [0.2, 0.25) is 0 Å². The lowest BCUT2D eigenvalue weighted by Gasteiger charge is -2.42. The third kappa shape index (κ3) is 4.94. The molecule has 1 amide bonds. The van der Waals surface area contributed by atoms with Crippen molar-refractivity contribution in [3.05, 3.63) is 82.9 Å². The van der Waals surface area contributed by atoms with Crippen LogP contribution in [0.25, 0.3) is 0 Å². The molecule has 1 N–H and O–H groups in total. The highest BCUT2D eigenvalue weighted by atomic mass is 16.5. The largest absolute Gasteiger partial charge is 0.458 e. The SMILES string of the molecule is C=CCOC(=O)c1ccc(C(=O)N(CO)Cc2ccc3c(c2)C(C)(C)CCC3(C)C)cc1. The van der Waals surface area contributed by atoms with Gasteiger partial charge in [0, 0.05) is 12.1 Å². The van der Waals surface area contributed by atoms with Gasteiger partial charge >= 0.3 is 5.97 Å². The molecule has 2 aromatic rings. The summed E-state index contributed by atoms with van der Waals surface area (Å²) in [5.41, 5.74) is 4.63. The van der Waals surface area contributed by atoms with Gasteiger partial charge in [0.05, 0.1) is 5.56 Å². The van der Waals surface area contributed by atoms with Gasteiger partial charge in [-0.3, -0.25) is 4.79 Å². The standard InChI is InChI=1S/C27H33NO4/c1-6-15-32-25(31)21-10-8-20(9-11-21)24(30)28(18-29)17-19-7-12-22-23(16-19)27(4,5)14-13-26(22,2)3/h6-12,16,29H,1,13-15,17-18H2,2-5H3. The smallest absolute Gasteiger partial charge is 0.338 e. The Hall–Kier alpha value is -2.92. The van der Waals surface area contributed by atoms with Crippen LogP contribution in [-0.4, -0.2) is 35.2 Å². The van der Waals surface area contributed by atoms with E-state index in [1.807, 2.05) is 0 Å². The third-order valence-electron chi connectivity index (χ3n) is 6.45. The minimum atomic E-state index is -0.470. The van der Waals surface area contributed by atoms with Crippen LogP contribution in [0.2, 0.25) is 0 Å². The molecular weight excluding hydrogens is 402 g/mol. The summed E-state index contributed by atoms with van der Waals surface area (Å²) < 4.78 is 5.01. The molecule has 5 nitrogen and oxygen atoms in total. The number of benzene rings is 2. The maximum Gasteiger partial charge on any atom is 0.338 e. The van der Waals surface area contributed by atoms with Gasteiger partial charge in [0.15, 0.2) is 0 Å². The number of hydrogen-bond donors (Lipinski definition) is 1. The summed E-state index contributed by atoms with van der Waals surface area (Å²) in [7, 11) is 0. The van der Waals surface area contributed by atoms with Crippen LogP contribution in [0.3, 0.4) is 0 Å². The number of carbonyl (C=O) groups excluding carboxylic acids is 2. The summed E-state index contributed by atoms with van der Waals surface area (Å²) in [6.07, 6.45) is 3.75. The third-order valence-corrected chi connectivity index (χ3v) is 6.45. The lowest BCUT2D eigenvalue weighted by atomic mass is 9.63. The second-order valence-corrected chi connectivity index (χ2v) is 9.76. The van der Waals surface area contributed by atoms with Crippen molar-refractivity contribution in [2.75, 3.05) is 13.3 Å². The molecule has 5 heteroatoms. The topological polar surface area (TPSA) is 66.8 Å². The Kier molecular flexibility index (Phi) is 6.89. The maximum atomic E-state index is 13.0. The van der Waals surface area contributed by atoms with Crippen molar-refractivity contribution in [1.29, 1.82) is 0 Å². The number of ether oxygens (including phenoxy) is 1. The van der Waals surface area contributed by atoms with E-state index < -0.39 is 12.7 Å². The molecule has 32 heavy (non-hydrogen) atoms. The van der Waals surface area contributed by atoms with Crippen molar-refractivity contribution in [2.45, 2.75) is 57.9 Å². The van der Waals surface area contributed by atoms with Crippen molar-refractivity contribution in [1.82, 2.24) is 4.90 Å². The van der Waals surface area contributed by atoms with Crippen LogP contribution in [0.1, 0.15) is 77.9 Å². The lowest BCUT2D eigenvalue weighted by Crippen LogP contribution is -2.35. The van der Waals surface area contributed by atoms with Crippen molar-refractivity contribution in [2.24, 2.45) is 0 Å². The number of esters is 1. The van der Waals surface area contributed by atoms with Gasteiger partial charge in [-0.1, -0.05) is 58.5 Å². The fourth-order valence-electron chi connectivity index (χ4n) is 4.29.